The minimum Gasteiger partial charge on any atom is -0.369 e. The molecule has 0 aromatic heterocycles. The second-order valence-electron chi connectivity index (χ2n) is 5.63. The van der Waals surface area contributed by atoms with E-state index in [0.29, 0.717) is 10.7 Å². The quantitative estimate of drug-likeness (QED) is 0.847. The van der Waals surface area contributed by atoms with E-state index >= 15 is 0 Å². The van der Waals surface area contributed by atoms with E-state index in [-0.39, 0.29) is 6.42 Å². The molecule has 0 fully saturated rings. The van der Waals surface area contributed by atoms with Crippen molar-refractivity contribution in [3.8, 4) is 0 Å². The van der Waals surface area contributed by atoms with Crippen molar-refractivity contribution in [2.45, 2.75) is 18.2 Å². The SMILES string of the molecule is CC1(CC(N)=O)SC(c2ccccc2)=N[N+]1(O)c1ccccc1. The Morgan fingerprint density at radius 1 is 1.17 bits per heavy atom. The lowest BCUT2D eigenvalue weighted by Crippen LogP contribution is -2.55. The summed E-state index contributed by atoms with van der Waals surface area (Å²) >= 11 is 1.37. The molecule has 3 N–H and O–H groups in total. The Labute approximate surface area is 139 Å². The van der Waals surface area contributed by atoms with Gasteiger partial charge in [-0.05, 0) is 21.6 Å². The first-order valence-corrected chi connectivity index (χ1v) is 8.07. The van der Waals surface area contributed by atoms with Gasteiger partial charge in [0.05, 0.1) is 6.42 Å². The molecule has 1 heterocycles. The van der Waals surface area contributed by atoms with E-state index in [4.69, 9.17) is 5.73 Å². The van der Waals surface area contributed by atoms with Gasteiger partial charge in [0.1, 0.15) is 0 Å². The first kappa shape index (κ1) is 15.7. The summed E-state index contributed by atoms with van der Waals surface area (Å²) in [5.41, 5.74) is 6.91. The van der Waals surface area contributed by atoms with Gasteiger partial charge >= 0.3 is 0 Å². The molecule has 23 heavy (non-hydrogen) atoms. The van der Waals surface area contributed by atoms with E-state index < -0.39 is 15.5 Å². The highest BCUT2D eigenvalue weighted by atomic mass is 32.2. The molecule has 2 aromatic rings. The molecule has 0 bridgehead atoms. The number of rotatable bonds is 4. The zero-order valence-corrected chi connectivity index (χ0v) is 13.5. The molecule has 5 nitrogen and oxygen atoms in total. The molecule has 0 aliphatic carbocycles. The molecule has 1 amide bonds. The van der Waals surface area contributed by atoms with Crippen LogP contribution in [-0.2, 0) is 4.79 Å². The van der Waals surface area contributed by atoms with Gasteiger partial charge in [0, 0.05) is 24.6 Å². The molecule has 0 radical (unpaired) electrons. The van der Waals surface area contributed by atoms with E-state index in [0.717, 1.165) is 5.56 Å². The average molecular weight is 328 g/mol. The van der Waals surface area contributed by atoms with Crippen molar-refractivity contribution in [2.75, 3.05) is 0 Å². The Bertz CT molecular complexity index is 751. The van der Waals surface area contributed by atoms with Crippen molar-refractivity contribution < 1.29 is 10.0 Å². The Kier molecular flexibility index (Phi) is 3.97. The maximum atomic E-state index is 11.6. The van der Waals surface area contributed by atoms with Gasteiger partial charge in [-0.3, -0.25) is 4.79 Å². The van der Waals surface area contributed by atoms with Crippen LogP contribution in [0.25, 0.3) is 0 Å². The largest absolute Gasteiger partial charge is 0.369 e. The van der Waals surface area contributed by atoms with Gasteiger partial charge < -0.3 is 5.73 Å². The van der Waals surface area contributed by atoms with Crippen molar-refractivity contribution in [3.63, 3.8) is 0 Å². The van der Waals surface area contributed by atoms with E-state index in [9.17, 15) is 10.0 Å². The van der Waals surface area contributed by atoms with Gasteiger partial charge in [-0.2, -0.15) is 5.21 Å². The number of nitrogens with two attached hydrogens (primary N) is 1. The summed E-state index contributed by atoms with van der Waals surface area (Å²) < 4.78 is -0.703. The van der Waals surface area contributed by atoms with Crippen LogP contribution in [0, 0.1) is 0 Å². The fourth-order valence-electron chi connectivity index (χ4n) is 2.66. The number of hydrogen-bond donors (Lipinski definition) is 2. The van der Waals surface area contributed by atoms with Crippen LogP contribution in [0.1, 0.15) is 18.9 Å². The Morgan fingerprint density at radius 2 is 1.74 bits per heavy atom. The first-order chi connectivity index (χ1) is 10.9. The Morgan fingerprint density at radius 3 is 2.30 bits per heavy atom. The van der Waals surface area contributed by atoms with E-state index in [1.165, 1.54) is 11.8 Å². The molecule has 1 aliphatic rings. The number of amides is 1. The van der Waals surface area contributed by atoms with Gasteiger partial charge in [0.25, 0.3) is 0 Å². The fraction of sp³-hybridized carbons (Fsp3) is 0.176. The third-order valence-electron chi connectivity index (χ3n) is 3.85. The topological polar surface area (TPSA) is 75.7 Å². The van der Waals surface area contributed by atoms with Gasteiger partial charge in [-0.25, -0.2) is 0 Å². The minimum absolute atomic E-state index is 0.00287. The van der Waals surface area contributed by atoms with Crippen molar-refractivity contribution in [2.24, 2.45) is 10.8 Å². The van der Waals surface area contributed by atoms with Gasteiger partial charge in [-0.1, -0.05) is 48.5 Å². The predicted molar refractivity (Wildman–Crippen MR) is 92.8 cm³/mol. The van der Waals surface area contributed by atoms with E-state index in [1.807, 2.05) is 48.5 Å². The summed E-state index contributed by atoms with van der Waals surface area (Å²) in [4.78, 5) is 10.6. The molecule has 6 heteroatoms. The zero-order valence-electron chi connectivity index (χ0n) is 12.7. The van der Waals surface area contributed by atoms with Crippen LogP contribution in [0.3, 0.4) is 0 Å². The number of quaternary nitrogens is 1. The molecule has 0 saturated heterocycles. The highest BCUT2D eigenvalue weighted by molar-refractivity contribution is 8.15. The lowest BCUT2D eigenvalue weighted by molar-refractivity contribution is -0.136. The number of primary amides is 1. The molecular weight excluding hydrogens is 310 g/mol. The number of carbonyl (C=O) groups excluding carboxylic acids is 1. The van der Waals surface area contributed by atoms with E-state index in [1.54, 1.807) is 19.1 Å². The summed E-state index contributed by atoms with van der Waals surface area (Å²) in [6.45, 7) is 1.80. The first-order valence-electron chi connectivity index (χ1n) is 7.25. The number of thioether (sulfide) groups is 1. The third kappa shape index (κ3) is 2.76. The fourth-order valence-corrected chi connectivity index (χ4v) is 3.98. The molecule has 0 spiro atoms. The number of hydrogen-bond acceptors (Lipinski definition) is 4. The molecule has 1 aliphatic heterocycles. The number of carbonyl (C=O) groups is 1. The minimum atomic E-state index is -0.918. The van der Waals surface area contributed by atoms with Crippen LogP contribution in [0.4, 0.5) is 5.69 Å². The van der Waals surface area contributed by atoms with Crippen LogP contribution < -0.4 is 10.5 Å². The smallest absolute Gasteiger partial charge is 0.224 e. The summed E-state index contributed by atoms with van der Waals surface area (Å²) in [6.07, 6.45) is 0.00287. The number of hydroxylamine groups is 1. The lowest BCUT2D eigenvalue weighted by Gasteiger charge is -2.33. The lowest BCUT2D eigenvalue weighted by atomic mass is 10.1. The molecule has 3 rings (SSSR count). The van der Waals surface area contributed by atoms with Crippen LogP contribution in [-0.4, -0.2) is 21.0 Å². The summed E-state index contributed by atoms with van der Waals surface area (Å²) in [7, 11) is 0. The molecule has 2 aromatic carbocycles. The van der Waals surface area contributed by atoms with Crippen molar-refractivity contribution >= 4 is 28.4 Å². The monoisotopic (exact) mass is 328 g/mol. The average Bonchev–Trinajstić information content (AvgIpc) is 2.81. The predicted octanol–water partition coefficient (Wildman–Crippen LogP) is 3.08. The van der Waals surface area contributed by atoms with Crippen LogP contribution in [0.15, 0.2) is 65.8 Å². The van der Waals surface area contributed by atoms with Crippen molar-refractivity contribution in [3.05, 3.63) is 66.2 Å². The third-order valence-corrected chi connectivity index (χ3v) is 5.20. The second-order valence-corrected chi connectivity index (χ2v) is 7.10. The molecule has 0 saturated carbocycles. The normalized spacial score (nSPS) is 26.8. The van der Waals surface area contributed by atoms with Crippen LogP contribution in [0.2, 0.25) is 0 Å². The molecule has 118 valence electrons. The number of benzene rings is 2. The van der Waals surface area contributed by atoms with Gasteiger partial charge in [0.15, 0.2) is 10.7 Å². The van der Waals surface area contributed by atoms with Crippen molar-refractivity contribution in [1.29, 1.82) is 0 Å². The Balaban J connectivity index is 2.11. The van der Waals surface area contributed by atoms with E-state index in [2.05, 4.69) is 5.10 Å². The van der Waals surface area contributed by atoms with Gasteiger partial charge in [0.2, 0.25) is 10.8 Å². The highest BCUT2D eigenvalue weighted by Crippen LogP contribution is 2.48. The maximum absolute atomic E-state index is 11.6. The molecular formula is C17H18N3O2S+. The maximum Gasteiger partial charge on any atom is 0.224 e. The van der Waals surface area contributed by atoms with Crippen molar-refractivity contribution in [1.82, 2.24) is 4.76 Å². The second kappa shape index (κ2) is 5.81. The summed E-state index contributed by atoms with van der Waals surface area (Å²) in [5.74, 6) is -0.475. The highest BCUT2D eigenvalue weighted by Gasteiger charge is 2.58. The zero-order chi connectivity index (χ0) is 16.5. The molecule has 2 atom stereocenters. The number of nitrogens with zero attached hydrogens (tertiary/aromatic N) is 2. The number of para-hydroxylation sites is 1. The van der Waals surface area contributed by atoms with Crippen LogP contribution in [0.5, 0.6) is 0 Å². The summed E-state index contributed by atoms with van der Waals surface area (Å²) in [5, 5.41) is 16.5. The van der Waals surface area contributed by atoms with Crippen LogP contribution >= 0.6 is 11.8 Å². The Hall–Kier alpha value is -2.15. The van der Waals surface area contributed by atoms with Gasteiger partial charge in [-0.15, -0.1) is 0 Å². The molecule has 2 unspecified atom stereocenters. The summed E-state index contributed by atoms with van der Waals surface area (Å²) in [6, 6.07) is 18.7. The standard InChI is InChI=1S/C17H17N3O2S/c1-17(12-15(18)21)20(22,14-10-6-3-7-11-14)19-16(23-17)13-8-4-2-5-9-13/h2-11,22H,12H2,1H3,(H-,18,21)/p+1.